The van der Waals surface area contributed by atoms with Crippen LogP contribution in [0.2, 0.25) is 5.02 Å². The number of aromatic nitrogens is 3. The van der Waals surface area contributed by atoms with Crippen LogP contribution < -0.4 is 15.8 Å². The minimum absolute atomic E-state index is 0.134. The number of benzene rings is 1. The van der Waals surface area contributed by atoms with Gasteiger partial charge in [0.15, 0.2) is 5.52 Å². The maximum atomic E-state index is 12.2. The van der Waals surface area contributed by atoms with Crippen LogP contribution in [0.1, 0.15) is 30.1 Å². The number of halogens is 1. The second kappa shape index (κ2) is 7.00. The van der Waals surface area contributed by atoms with Crippen LogP contribution in [0.25, 0.3) is 22.3 Å². The fourth-order valence-electron chi connectivity index (χ4n) is 2.75. The van der Waals surface area contributed by atoms with Gasteiger partial charge in [0.2, 0.25) is 11.8 Å². The lowest BCUT2D eigenvalue weighted by Crippen LogP contribution is -2.25. The van der Waals surface area contributed by atoms with E-state index in [1.54, 1.807) is 18.2 Å². The third-order valence-electron chi connectivity index (χ3n) is 4.23. The zero-order valence-electron chi connectivity index (χ0n) is 14.7. The fourth-order valence-corrected chi connectivity index (χ4v) is 3.02. The Hall–Kier alpha value is -2.93. The Balaban J connectivity index is 1.71. The van der Waals surface area contributed by atoms with Crippen molar-refractivity contribution >= 4 is 34.5 Å². The molecule has 0 spiro atoms. The van der Waals surface area contributed by atoms with Crippen LogP contribution in [0, 0.1) is 0 Å². The molecule has 0 unspecified atom stereocenters. The Morgan fingerprint density at radius 2 is 2.07 bits per heavy atom. The highest BCUT2D eigenvalue weighted by Gasteiger charge is 2.24. The Bertz CT molecular complexity index is 1040. The van der Waals surface area contributed by atoms with Crippen molar-refractivity contribution in [2.45, 2.75) is 25.8 Å². The number of ether oxygens (including phenoxy) is 1. The molecular formula is C19H18ClN5O2. The number of rotatable bonds is 5. The summed E-state index contributed by atoms with van der Waals surface area (Å²) in [5.74, 6) is 0.325. The van der Waals surface area contributed by atoms with Gasteiger partial charge in [-0.25, -0.2) is 9.97 Å². The van der Waals surface area contributed by atoms with Crippen LogP contribution >= 0.6 is 11.6 Å². The molecule has 2 heterocycles. The number of fused-ring (bicyclic) bond motifs is 1. The number of carbonyl (C=O) groups excluding carboxylic acids is 1. The number of nitrogen functional groups attached to an aromatic ring is 1. The summed E-state index contributed by atoms with van der Waals surface area (Å²) in [5.41, 5.74) is 8.76. The molecule has 0 saturated heterocycles. The van der Waals surface area contributed by atoms with E-state index in [1.165, 1.54) is 0 Å². The number of hydrogen-bond acceptors (Lipinski definition) is 6. The smallest absolute Gasteiger partial charge is 0.253 e. The predicted molar refractivity (Wildman–Crippen MR) is 104 cm³/mol. The number of anilines is 1. The van der Waals surface area contributed by atoms with Crippen molar-refractivity contribution in [1.29, 1.82) is 0 Å². The first-order chi connectivity index (χ1) is 13.0. The fraction of sp³-hybridized carbons (Fsp3) is 0.263. The highest BCUT2D eigenvalue weighted by molar-refractivity contribution is 6.34. The third-order valence-corrected chi connectivity index (χ3v) is 4.54. The molecule has 1 aliphatic carbocycles. The number of pyridine rings is 1. The molecule has 7 nitrogen and oxygen atoms in total. The largest absolute Gasteiger partial charge is 0.476 e. The van der Waals surface area contributed by atoms with Crippen molar-refractivity contribution < 1.29 is 9.53 Å². The number of nitrogens with two attached hydrogens (primary N) is 1. The van der Waals surface area contributed by atoms with E-state index in [4.69, 9.17) is 22.1 Å². The molecule has 4 rings (SSSR count). The van der Waals surface area contributed by atoms with Gasteiger partial charge in [-0.2, -0.15) is 4.98 Å². The lowest BCUT2D eigenvalue weighted by atomic mass is 10.1. The number of hydrogen-bond donors (Lipinski definition) is 2. The van der Waals surface area contributed by atoms with Crippen molar-refractivity contribution in [1.82, 2.24) is 20.3 Å². The van der Waals surface area contributed by atoms with E-state index in [1.807, 2.05) is 19.1 Å². The number of amides is 1. The second-order valence-corrected chi connectivity index (χ2v) is 6.73. The molecule has 0 bridgehead atoms. The Morgan fingerprint density at radius 3 is 2.78 bits per heavy atom. The van der Waals surface area contributed by atoms with Crippen LogP contribution in [0.5, 0.6) is 5.88 Å². The molecular weight excluding hydrogens is 366 g/mol. The zero-order valence-corrected chi connectivity index (χ0v) is 15.5. The molecule has 3 N–H and O–H groups in total. The third kappa shape index (κ3) is 3.64. The van der Waals surface area contributed by atoms with Crippen LogP contribution in [-0.2, 0) is 0 Å². The Labute approximate surface area is 160 Å². The van der Waals surface area contributed by atoms with Gasteiger partial charge in [-0.3, -0.25) is 4.79 Å². The molecule has 0 atom stereocenters. The summed E-state index contributed by atoms with van der Waals surface area (Å²) in [6, 6.07) is 9.17. The molecule has 1 aromatic carbocycles. The van der Waals surface area contributed by atoms with E-state index >= 15 is 0 Å². The molecule has 3 aromatic rings. The van der Waals surface area contributed by atoms with E-state index in [0.29, 0.717) is 39.8 Å². The molecule has 1 amide bonds. The molecule has 8 heteroatoms. The summed E-state index contributed by atoms with van der Waals surface area (Å²) in [4.78, 5) is 25.1. The van der Waals surface area contributed by atoms with Crippen molar-refractivity contribution in [3.05, 3.63) is 40.9 Å². The molecule has 1 fully saturated rings. The van der Waals surface area contributed by atoms with Gasteiger partial charge >= 0.3 is 0 Å². The molecule has 138 valence electrons. The van der Waals surface area contributed by atoms with Crippen LogP contribution in [-0.4, -0.2) is 33.5 Å². The minimum Gasteiger partial charge on any atom is -0.476 e. The summed E-state index contributed by atoms with van der Waals surface area (Å²) >= 11 is 6.34. The van der Waals surface area contributed by atoms with Gasteiger partial charge in [0.25, 0.3) is 5.91 Å². The summed E-state index contributed by atoms with van der Waals surface area (Å²) in [6.07, 6.45) is 2.05. The lowest BCUT2D eigenvalue weighted by Gasteiger charge is -2.10. The average Bonchev–Trinajstić information content (AvgIpc) is 3.45. The van der Waals surface area contributed by atoms with Crippen molar-refractivity contribution in [3.63, 3.8) is 0 Å². The van der Waals surface area contributed by atoms with Gasteiger partial charge in [0.05, 0.1) is 28.4 Å². The van der Waals surface area contributed by atoms with Gasteiger partial charge in [0, 0.05) is 11.6 Å². The first kappa shape index (κ1) is 17.5. The standard InChI is InChI=1S/C19H18ClN5O2/c1-2-27-18-16-15(24-19(21)25-18)8-7-14(23-16)10-3-6-12(13(20)9-10)17(26)22-11-4-5-11/h3,6-9,11H,2,4-5H2,1H3,(H,22,26)(H2,21,24,25). The number of carbonyl (C=O) groups is 1. The van der Waals surface area contributed by atoms with Gasteiger partial charge in [-0.05, 0) is 44.0 Å². The van der Waals surface area contributed by atoms with Crippen LogP contribution in [0.3, 0.4) is 0 Å². The van der Waals surface area contributed by atoms with E-state index in [9.17, 15) is 4.79 Å². The molecule has 1 aliphatic rings. The first-order valence-electron chi connectivity index (χ1n) is 8.73. The minimum atomic E-state index is -0.150. The maximum Gasteiger partial charge on any atom is 0.253 e. The molecule has 0 radical (unpaired) electrons. The zero-order chi connectivity index (χ0) is 19.0. The first-order valence-corrected chi connectivity index (χ1v) is 9.11. The van der Waals surface area contributed by atoms with Crippen molar-refractivity contribution in [3.8, 4) is 17.1 Å². The summed E-state index contributed by atoms with van der Waals surface area (Å²) in [6.45, 7) is 2.30. The topological polar surface area (TPSA) is 103 Å². The maximum absolute atomic E-state index is 12.2. The number of nitrogens with one attached hydrogen (secondary N) is 1. The average molecular weight is 384 g/mol. The second-order valence-electron chi connectivity index (χ2n) is 6.33. The Kier molecular flexibility index (Phi) is 4.53. The quantitative estimate of drug-likeness (QED) is 0.701. The van der Waals surface area contributed by atoms with E-state index in [0.717, 1.165) is 18.4 Å². The highest BCUT2D eigenvalue weighted by atomic mass is 35.5. The Morgan fingerprint density at radius 1 is 1.26 bits per heavy atom. The highest BCUT2D eigenvalue weighted by Crippen LogP contribution is 2.29. The van der Waals surface area contributed by atoms with E-state index in [-0.39, 0.29) is 17.9 Å². The van der Waals surface area contributed by atoms with Crippen LogP contribution in [0.4, 0.5) is 5.95 Å². The lowest BCUT2D eigenvalue weighted by molar-refractivity contribution is 0.0951. The van der Waals surface area contributed by atoms with E-state index < -0.39 is 0 Å². The van der Waals surface area contributed by atoms with Gasteiger partial charge in [0.1, 0.15) is 0 Å². The van der Waals surface area contributed by atoms with Crippen LogP contribution in [0.15, 0.2) is 30.3 Å². The summed E-state index contributed by atoms with van der Waals surface area (Å²) < 4.78 is 5.54. The SMILES string of the molecule is CCOc1nc(N)nc2ccc(-c3ccc(C(=O)NC4CC4)c(Cl)c3)nc12. The molecule has 0 aliphatic heterocycles. The monoisotopic (exact) mass is 383 g/mol. The summed E-state index contributed by atoms with van der Waals surface area (Å²) in [7, 11) is 0. The predicted octanol–water partition coefficient (Wildman–Crippen LogP) is 3.22. The summed E-state index contributed by atoms with van der Waals surface area (Å²) in [5, 5.41) is 3.32. The van der Waals surface area contributed by atoms with Gasteiger partial charge in [-0.15, -0.1) is 0 Å². The van der Waals surface area contributed by atoms with Crippen molar-refractivity contribution in [2.75, 3.05) is 12.3 Å². The van der Waals surface area contributed by atoms with Gasteiger partial charge in [-0.1, -0.05) is 17.7 Å². The molecule has 2 aromatic heterocycles. The molecule has 1 saturated carbocycles. The number of nitrogens with zero attached hydrogens (tertiary/aromatic N) is 3. The van der Waals surface area contributed by atoms with E-state index in [2.05, 4.69) is 20.3 Å². The van der Waals surface area contributed by atoms with Gasteiger partial charge < -0.3 is 15.8 Å². The van der Waals surface area contributed by atoms with Crippen molar-refractivity contribution in [2.24, 2.45) is 0 Å². The molecule has 27 heavy (non-hydrogen) atoms. The normalized spacial score (nSPS) is 13.6.